The Labute approximate surface area is 189 Å². The number of phenolic OH excluding ortho intramolecular Hbond substituents is 2. The van der Waals surface area contributed by atoms with Crippen molar-refractivity contribution >= 4 is 6.41 Å². The summed E-state index contributed by atoms with van der Waals surface area (Å²) in [6.07, 6.45) is 0.822. The van der Waals surface area contributed by atoms with Crippen LogP contribution in [0.1, 0.15) is 30.9 Å². The molecule has 33 heavy (non-hydrogen) atoms. The Kier molecular flexibility index (Phi) is 6.19. The Morgan fingerprint density at radius 2 is 1.85 bits per heavy atom. The fourth-order valence-corrected chi connectivity index (χ4v) is 4.02. The van der Waals surface area contributed by atoms with Crippen LogP contribution < -0.4 is 5.69 Å². The summed E-state index contributed by atoms with van der Waals surface area (Å²) in [5, 5.41) is 26.9. The van der Waals surface area contributed by atoms with Crippen LogP contribution in [-0.4, -0.2) is 67.4 Å². The van der Waals surface area contributed by atoms with Crippen molar-refractivity contribution in [3.8, 4) is 28.6 Å². The summed E-state index contributed by atoms with van der Waals surface area (Å²) in [4.78, 5) is 27.1. The van der Waals surface area contributed by atoms with E-state index < -0.39 is 11.5 Å². The molecule has 3 N–H and O–H groups in total. The Morgan fingerprint density at radius 3 is 2.48 bits per heavy atom. The van der Waals surface area contributed by atoms with Crippen LogP contribution in [0.25, 0.3) is 17.1 Å². The molecule has 0 spiro atoms. The third-order valence-electron chi connectivity index (χ3n) is 5.93. The number of aromatic amines is 1. The van der Waals surface area contributed by atoms with Gasteiger partial charge in [0.25, 0.3) is 0 Å². The lowest BCUT2D eigenvalue weighted by Gasteiger charge is -2.32. The van der Waals surface area contributed by atoms with Crippen molar-refractivity contribution in [1.29, 1.82) is 0 Å². The summed E-state index contributed by atoms with van der Waals surface area (Å²) in [6.45, 7) is 6.69. The van der Waals surface area contributed by atoms with Gasteiger partial charge in [0.1, 0.15) is 17.3 Å². The molecule has 0 atom stereocenters. The molecule has 0 aliphatic carbocycles. The lowest BCUT2D eigenvalue weighted by molar-refractivity contribution is -0.119. The second-order valence-corrected chi connectivity index (χ2v) is 8.46. The topological polar surface area (TPSA) is 115 Å². The first-order valence-corrected chi connectivity index (χ1v) is 10.7. The number of hydrogen-bond acceptors (Lipinski definition) is 6. The maximum atomic E-state index is 15.0. The molecule has 1 saturated heterocycles. The molecule has 9 nitrogen and oxygen atoms in total. The van der Waals surface area contributed by atoms with Crippen LogP contribution in [0.2, 0.25) is 0 Å². The molecule has 1 aliphatic rings. The average molecular weight is 455 g/mol. The predicted molar refractivity (Wildman–Crippen MR) is 120 cm³/mol. The average Bonchev–Trinajstić information content (AvgIpc) is 3.16. The fraction of sp³-hybridized carbons (Fsp3) is 0.348. The van der Waals surface area contributed by atoms with E-state index in [4.69, 9.17) is 0 Å². The lowest BCUT2D eigenvalue weighted by Crippen LogP contribution is -2.45. The Hall–Kier alpha value is -3.66. The van der Waals surface area contributed by atoms with Gasteiger partial charge in [-0.2, -0.15) is 5.10 Å². The first-order valence-electron chi connectivity index (χ1n) is 10.7. The Bertz CT molecular complexity index is 1230. The summed E-state index contributed by atoms with van der Waals surface area (Å²) in [5.74, 6) is -0.698. The van der Waals surface area contributed by atoms with Crippen molar-refractivity contribution < 1.29 is 19.4 Å². The maximum Gasteiger partial charge on any atom is 0.348 e. The van der Waals surface area contributed by atoms with Gasteiger partial charge in [0.2, 0.25) is 6.41 Å². The number of phenols is 2. The smallest absolute Gasteiger partial charge is 0.348 e. The van der Waals surface area contributed by atoms with Crippen LogP contribution in [0.4, 0.5) is 4.39 Å². The number of aromatic nitrogens is 3. The molecule has 1 amide bonds. The number of H-pyrrole nitrogens is 1. The van der Waals surface area contributed by atoms with E-state index in [1.807, 2.05) is 13.8 Å². The van der Waals surface area contributed by atoms with E-state index in [0.717, 1.165) is 6.41 Å². The SMILES string of the molecule is CC(C)c1cc(-c2n[nH]c(=O)n2-c2ccc(CN3CCN(C=O)CC3)c(F)c2)c(O)cc1O. The minimum absolute atomic E-state index is 0.0337. The number of aromatic hydroxyl groups is 2. The monoisotopic (exact) mass is 455 g/mol. The quantitative estimate of drug-likeness (QED) is 0.491. The fourth-order valence-electron chi connectivity index (χ4n) is 4.02. The van der Waals surface area contributed by atoms with Gasteiger partial charge in [-0.05, 0) is 29.7 Å². The molecule has 0 radical (unpaired) electrons. The van der Waals surface area contributed by atoms with Gasteiger partial charge >= 0.3 is 5.69 Å². The molecule has 3 aromatic rings. The molecule has 0 unspecified atom stereocenters. The second kappa shape index (κ2) is 9.07. The number of hydrogen-bond donors (Lipinski definition) is 3. The highest BCUT2D eigenvalue weighted by Crippen LogP contribution is 2.37. The van der Waals surface area contributed by atoms with Gasteiger partial charge in [-0.15, -0.1) is 0 Å². The lowest BCUT2D eigenvalue weighted by atomic mass is 9.98. The van der Waals surface area contributed by atoms with Crippen molar-refractivity contribution in [1.82, 2.24) is 24.6 Å². The summed E-state index contributed by atoms with van der Waals surface area (Å²) < 4.78 is 16.2. The number of carbonyl (C=O) groups is 1. The van der Waals surface area contributed by atoms with Gasteiger partial charge in [0.15, 0.2) is 5.82 Å². The van der Waals surface area contributed by atoms with E-state index in [9.17, 15) is 24.2 Å². The van der Waals surface area contributed by atoms with E-state index in [1.54, 1.807) is 23.1 Å². The number of rotatable bonds is 6. The maximum absolute atomic E-state index is 15.0. The van der Waals surface area contributed by atoms with Crippen molar-refractivity contribution in [3.05, 3.63) is 57.8 Å². The number of carbonyl (C=O) groups excluding carboxylic acids is 1. The van der Waals surface area contributed by atoms with Crippen LogP contribution in [0, 0.1) is 5.82 Å². The molecule has 0 saturated carbocycles. The number of nitrogens with one attached hydrogen (secondary N) is 1. The zero-order valence-electron chi connectivity index (χ0n) is 18.5. The molecule has 1 aromatic heterocycles. The van der Waals surface area contributed by atoms with E-state index >= 15 is 0 Å². The summed E-state index contributed by atoms with van der Waals surface area (Å²) in [6, 6.07) is 7.29. The zero-order chi connectivity index (χ0) is 23.7. The first kappa shape index (κ1) is 22.5. The zero-order valence-corrected chi connectivity index (χ0v) is 18.5. The molecule has 2 heterocycles. The molecule has 2 aromatic carbocycles. The highest BCUT2D eigenvalue weighted by atomic mass is 19.1. The Morgan fingerprint density at radius 1 is 1.12 bits per heavy atom. The van der Waals surface area contributed by atoms with Crippen LogP contribution in [0.3, 0.4) is 0 Å². The molecule has 1 fully saturated rings. The van der Waals surface area contributed by atoms with Crippen LogP contribution in [0.15, 0.2) is 35.1 Å². The standard InChI is InChI=1S/C23H26FN5O4/c1-14(2)17-10-18(21(32)11-20(17)31)22-25-26-23(33)29(22)16-4-3-15(19(24)9-16)12-27-5-7-28(13-30)8-6-27/h3-4,9-11,13-14,31-32H,5-8,12H2,1-2H3,(H,26,33). The van der Waals surface area contributed by atoms with Gasteiger partial charge in [-0.25, -0.2) is 18.9 Å². The molecule has 1 aliphatic heterocycles. The normalized spacial score (nSPS) is 14.7. The molecular weight excluding hydrogens is 429 g/mol. The number of halogens is 1. The molecular formula is C23H26FN5O4. The molecule has 4 rings (SSSR count). The highest BCUT2D eigenvalue weighted by molar-refractivity contribution is 5.69. The summed E-state index contributed by atoms with van der Waals surface area (Å²) >= 11 is 0. The predicted octanol–water partition coefficient (Wildman–Crippen LogP) is 2.18. The van der Waals surface area contributed by atoms with Gasteiger partial charge in [0, 0.05) is 44.4 Å². The number of benzene rings is 2. The number of nitrogens with zero attached hydrogens (tertiary/aromatic N) is 4. The van der Waals surface area contributed by atoms with Crippen LogP contribution >= 0.6 is 0 Å². The first-order chi connectivity index (χ1) is 15.8. The van der Waals surface area contributed by atoms with E-state index in [1.165, 1.54) is 16.7 Å². The minimum Gasteiger partial charge on any atom is -0.508 e. The molecule has 174 valence electrons. The molecule has 0 bridgehead atoms. The van der Waals surface area contributed by atoms with Crippen LogP contribution in [-0.2, 0) is 11.3 Å². The largest absolute Gasteiger partial charge is 0.508 e. The van der Waals surface area contributed by atoms with E-state index in [-0.39, 0.29) is 34.5 Å². The Balaban J connectivity index is 1.66. The van der Waals surface area contributed by atoms with Gasteiger partial charge in [-0.1, -0.05) is 19.9 Å². The van der Waals surface area contributed by atoms with Crippen molar-refractivity contribution in [3.63, 3.8) is 0 Å². The number of piperazine rings is 1. The highest BCUT2D eigenvalue weighted by Gasteiger charge is 2.21. The summed E-state index contributed by atoms with van der Waals surface area (Å²) in [7, 11) is 0. The van der Waals surface area contributed by atoms with Crippen LogP contribution in [0.5, 0.6) is 11.5 Å². The third kappa shape index (κ3) is 4.47. The third-order valence-corrected chi connectivity index (χ3v) is 5.93. The van der Waals surface area contributed by atoms with Crippen molar-refractivity contribution in [2.45, 2.75) is 26.3 Å². The van der Waals surface area contributed by atoms with E-state index in [0.29, 0.717) is 43.9 Å². The van der Waals surface area contributed by atoms with E-state index in [2.05, 4.69) is 15.1 Å². The number of amides is 1. The van der Waals surface area contributed by atoms with Crippen molar-refractivity contribution in [2.24, 2.45) is 0 Å². The minimum atomic E-state index is -0.583. The summed E-state index contributed by atoms with van der Waals surface area (Å²) in [5.41, 5.74) is 0.981. The van der Waals surface area contributed by atoms with Gasteiger partial charge < -0.3 is 15.1 Å². The van der Waals surface area contributed by atoms with Gasteiger partial charge in [0.05, 0.1) is 11.3 Å². The second-order valence-electron chi connectivity index (χ2n) is 8.46. The molecule has 10 heteroatoms. The van der Waals surface area contributed by atoms with Gasteiger partial charge in [-0.3, -0.25) is 9.69 Å². The van der Waals surface area contributed by atoms with Crippen molar-refractivity contribution in [2.75, 3.05) is 26.2 Å².